The summed E-state index contributed by atoms with van der Waals surface area (Å²) in [6.07, 6.45) is 1.78. The largest absolute Gasteiger partial charge is 0.481 e. The van der Waals surface area contributed by atoms with Crippen LogP contribution in [0.15, 0.2) is 63.5 Å². The summed E-state index contributed by atoms with van der Waals surface area (Å²) in [5, 5.41) is 0. The lowest BCUT2D eigenvalue weighted by Gasteiger charge is -2.24. The Morgan fingerprint density at radius 2 is 1.89 bits per heavy atom. The molecule has 0 spiro atoms. The zero-order valence-corrected chi connectivity index (χ0v) is 23.7. The van der Waals surface area contributed by atoms with E-state index in [2.05, 4.69) is 32.3 Å². The average Bonchev–Trinajstić information content (AvgIpc) is 3.17. The summed E-state index contributed by atoms with van der Waals surface area (Å²) < 4.78 is 18.3. The highest BCUT2D eigenvalue weighted by molar-refractivity contribution is 14.1. The minimum atomic E-state index is -0.646. The number of nitrogens with zero attached hydrogens (tertiary/aromatic N) is 2. The monoisotopic (exact) mass is 632 g/mol. The standard InChI is InChI=1S/C27H25IN2O6S/c1-5-35-26(33)23-16(3)29-27-30(24(23)18-9-6-15(2)7-10-18)25(32)21(37-27)13-17-8-11-20(19(28)12-17)36-14-22(31)34-4/h6-13,24H,5,14H2,1-4H3/b21-13+/t24-/m0/s1. The number of halogens is 1. The number of aromatic nitrogens is 1. The molecule has 0 radical (unpaired) electrons. The summed E-state index contributed by atoms with van der Waals surface area (Å²) in [5.74, 6) is -0.416. The van der Waals surface area contributed by atoms with E-state index < -0.39 is 18.0 Å². The maximum absolute atomic E-state index is 13.7. The molecule has 3 aromatic rings. The fraction of sp³-hybridized carbons (Fsp3) is 0.259. The first-order chi connectivity index (χ1) is 17.7. The zero-order chi connectivity index (χ0) is 26.7. The molecule has 0 aliphatic carbocycles. The van der Waals surface area contributed by atoms with Crippen molar-refractivity contribution in [1.82, 2.24) is 4.57 Å². The Kier molecular flexibility index (Phi) is 8.28. The number of aryl methyl sites for hydroxylation is 1. The molecule has 0 fully saturated rings. The number of carbonyl (C=O) groups is 2. The number of benzene rings is 2. The fourth-order valence-electron chi connectivity index (χ4n) is 3.93. The predicted molar refractivity (Wildman–Crippen MR) is 148 cm³/mol. The molecule has 0 bridgehead atoms. The van der Waals surface area contributed by atoms with Crippen molar-refractivity contribution < 1.29 is 23.8 Å². The lowest BCUT2D eigenvalue weighted by Crippen LogP contribution is -2.39. The van der Waals surface area contributed by atoms with Gasteiger partial charge < -0.3 is 14.2 Å². The fourth-order valence-corrected chi connectivity index (χ4v) is 5.67. The SMILES string of the molecule is CCOC(=O)C1=C(C)N=c2s/c(=C/c3ccc(OCC(=O)OC)c(I)c3)c(=O)n2[C@H]1c1ccc(C)cc1. The van der Waals surface area contributed by atoms with Gasteiger partial charge in [-0.3, -0.25) is 9.36 Å². The van der Waals surface area contributed by atoms with Crippen LogP contribution in [0.1, 0.15) is 36.6 Å². The van der Waals surface area contributed by atoms with Crippen molar-refractivity contribution in [1.29, 1.82) is 0 Å². The Labute approximate surface area is 231 Å². The number of carbonyl (C=O) groups excluding carboxylic acids is 2. The highest BCUT2D eigenvalue weighted by atomic mass is 127. The molecule has 0 N–H and O–H groups in total. The Morgan fingerprint density at radius 3 is 2.54 bits per heavy atom. The zero-order valence-electron chi connectivity index (χ0n) is 20.7. The molecular weight excluding hydrogens is 607 g/mol. The molecule has 0 saturated carbocycles. The van der Waals surface area contributed by atoms with Gasteiger partial charge in [0.25, 0.3) is 5.56 Å². The lowest BCUT2D eigenvalue weighted by atomic mass is 9.95. The van der Waals surface area contributed by atoms with Crippen LogP contribution in [0.5, 0.6) is 5.75 Å². The molecule has 4 rings (SSSR count). The summed E-state index contributed by atoms with van der Waals surface area (Å²) in [4.78, 5) is 43.1. The van der Waals surface area contributed by atoms with Crippen molar-refractivity contribution in [3.8, 4) is 5.75 Å². The van der Waals surface area contributed by atoms with Crippen molar-refractivity contribution in [2.75, 3.05) is 20.3 Å². The van der Waals surface area contributed by atoms with Crippen LogP contribution in [0.2, 0.25) is 0 Å². The maximum Gasteiger partial charge on any atom is 0.343 e. The van der Waals surface area contributed by atoms with Gasteiger partial charge in [-0.25, -0.2) is 14.6 Å². The second kappa shape index (κ2) is 11.4. The van der Waals surface area contributed by atoms with Gasteiger partial charge >= 0.3 is 11.9 Å². The van der Waals surface area contributed by atoms with Crippen molar-refractivity contribution in [3.63, 3.8) is 0 Å². The lowest BCUT2D eigenvalue weighted by molar-refractivity contribution is -0.143. The van der Waals surface area contributed by atoms with E-state index in [1.165, 1.54) is 18.4 Å². The number of rotatable bonds is 7. The molecule has 8 nitrogen and oxygen atoms in total. The van der Waals surface area contributed by atoms with Gasteiger partial charge in [0.15, 0.2) is 11.4 Å². The molecule has 192 valence electrons. The summed E-state index contributed by atoms with van der Waals surface area (Å²) in [5.41, 5.74) is 3.29. The Bertz CT molecular complexity index is 1570. The van der Waals surface area contributed by atoms with E-state index in [9.17, 15) is 14.4 Å². The van der Waals surface area contributed by atoms with E-state index in [0.29, 0.717) is 26.4 Å². The third kappa shape index (κ3) is 5.69. The molecule has 1 aromatic heterocycles. The molecule has 0 saturated heterocycles. The van der Waals surface area contributed by atoms with E-state index >= 15 is 0 Å². The highest BCUT2D eigenvalue weighted by Crippen LogP contribution is 2.31. The quantitative estimate of drug-likeness (QED) is 0.293. The minimum Gasteiger partial charge on any atom is -0.481 e. The molecule has 0 unspecified atom stereocenters. The normalized spacial score (nSPS) is 15.2. The van der Waals surface area contributed by atoms with E-state index in [4.69, 9.17) is 9.47 Å². The first kappa shape index (κ1) is 26.8. The van der Waals surface area contributed by atoms with E-state index in [1.807, 2.05) is 37.3 Å². The molecule has 2 aromatic carbocycles. The van der Waals surface area contributed by atoms with Crippen molar-refractivity contribution in [2.45, 2.75) is 26.8 Å². The minimum absolute atomic E-state index is 0.189. The Morgan fingerprint density at radius 1 is 1.16 bits per heavy atom. The number of hydrogen-bond acceptors (Lipinski definition) is 8. The summed E-state index contributed by atoms with van der Waals surface area (Å²) in [6, 6.07) is 12.5. The summed E-state index contributed by atoms with van der Waals surface area (Å²) >= 11 is 3.38. The molecule has 1 aliphatic heterocycles. The molecule has 0 amide bonds. The van der Waals surface area contributed by atoms with Crippen molar-refractivity contribution in [2.24, 2.45) is 4.99 Å². The first-order valence-electron chi connectivity index (χ1n) is 11.5. The van der Waals surface area contributed by atoms with Crippen LogP contribution in [0.25, 0.3) is 6.08 Å². The number of hydrogen-bond donors (Lipinski definition) is 0. The van der Waals surface area contributed by atoms with Gasteiger partial charge in [-0.05, 0) is 72.7 Å². The molecular formula is C27H25IN2O6S. The van der Waals surface area contributed by atoms with Gasteiger partial charge in [0.2, 0.25) is 0 Å². The molecule has 2 heterocycles. The van der Waals surface area contributed by atoms with Gasteiger partial charge in [-0.1, -0.05) is 47.2 Å². The summed E-state index contributed by atoms with van der Waals surface area (Å²) in [7, 11) is 1.30. The van der Waals surface area contributed by atoms with Crippen LogP contribution in [-0.2, 0) is 19.1 Å². The van der Waals surface area contributed by atoms with Crippen LogP contribution < -0.4 is 19.6 Å². The molecule has 1 aliphatic rings. The number of thiazole rings is 1. The van der Waals surface area contributed by atoms with Gasteiger partial charge in [0.05, 0.1) is 39.1 Å². The number of fused-ring (bicyclic) bond motifs is 1. The first-order valence-corrected chi connectivity index (χ1v) is 13.4. The van der Waals surface area contributed by atoms with Gasteiger partial charge in [0, 0.05) is 0 Å². The molecule has 37 heavy (non-hydrogen) atoms. The topological polar surface area (TPSA) is 96.2 Å². The van der Waals surface area contributed by atoms with Gasteiger partial charge in [-0.15, -0.1) is 0 Å². The predicted octanol–water partition coefficient (Wildman–Crippen LogP) is 3.26. The van der Waals surface area contributed by atoms with Crippen LogP contribution in [0.3, 0.4) is 0 Å². The number of ether oxygens (including phenoxy) is 3. The van der Waals surface area contributed by atoms with Crippen LogP contribution >= 0.6 is 33.9 Å². The van der Waals surface area contributed by atoms with Crippen LogP contribution in [0.4, 0.5) is 0 Å². The number of esters is 2. The van der Waals surface area contributed by atoms with Gasteiger partial charge in [-0.2, -0.15) is 0 Å². The maximum atomic E-state index is 13.7. The van der Waals surface area contributed by atoms with Crippen molar-refractivity contribution in [3.05, 3.63) is 93.7 Å². The van der Waals surface area contributed by atoms with Gasteiger partial charge in [0.1, 0.15) is 5.75 Å². The Balaban J connectivity index is 1.80. The average molecular weight is 632 g/mol. The van der Waals surface area contributed by atoms with E-state index in [1.54, 1.807) is 36.6 Å². The third-order valence-electron chi connectivity index (χ3n) is 5.74. The number of allylic oxidation sites excluding steroid dienone is 1. The molecule has 1 atom stereocenters. The molecule has 10 heteroatoms. The second-order valence-electron chi connectivity index (χ2n) is 8.27. The van der Waals surface area contributed by atoms with E-state index in [0.717, 1.165) is 20.3 Å². The van der Waals surface area contributed by atoms with E-state index in [-0.39, 0.29) is 18.8 Å². The third-order valence-corrected chi connectivity index (χ3v) is 7.56. The number of methoxy groups -OCH3 is 1. The smallest absolute Gasteiger partial charge is 0.343 e. The summed E-state index contributed by atoms with van der Waals surface area (Å²) in [6.45, 7) is 5.52. The highest BCUT2D eigenvalue weighted by Gasteiger charge is 2.33. The van der Waals surface area contributed by atoms with Crippen molar-refractivity contribution >= 4 is 51.9 Å². The Hall–Kier alpha value is -3.25. The van der Waals surface area contributed by atoms with Crippen LogP contribution in [-0.4, -0.2) is 36.8 Å². The van der Waals surface area contributed by atoms with Crippen LogP contribution in [0, 0.1) is 10.5 Å². The second-order valence-corrected chi connectivity index (χ2v) is 10.4.